The number of pyridine rings is 1. The molecular weight excluding hydrogens is 503 g/mol. The normalized spacial score (nSPS) is 21.3. The molecule has 5 rings (SSSR count). The van der Waals surface area contributed by atoms with Crippen LogP contribution in [-0.2, 0) is 19.1 Å². The highest BCUT2D eigenvalue weighted by Crippen LogP contribution is 2.48. The molecule has 0 radical (unpaired) electrons. The Hall–Kier alpha value is -4.19. The predicted molar refractivity (Wildman–Crippen MR) is 132 cm³/mol. The first-order valence-corrected chi connectivity index (χ1v) is 11.7. The van der Waals surface area contributed by atoms with E-state index in [9.17, 15) is 33.0 Å². The number of fused-ring (bicyclic) bond motifs is 1. The minimum atomic E-state index is -4.60. The quantitative estimate of drug-likeness (QED) is 0.360. The first kappa shape index (κ1) is 25.5. The third kappa shape index (κ3) is 4.40. The molecule has 9 nitrogen and oxygen atoms in total. The zero-order valence-electron chi connectivity index (χ0n) is 20.5. The van der Waals surface area contributed by atoms with Gasteiger partial charge in [0, 0.05) is 43.4 Å². The summed E-state index contributed by atoms with van der Waals surface area (Å²) >= 11 is 0. The SMILES string of the molecule is Cn1c(-c2ccc([C@]3(NC(=O)O)C[C@@](C)(O)C3)cc2)c(-c2cccnc2)c2c(=O)n(CC(F)(F)F)cnc21. The van der Waals surface area contributed by atoms with Crippen LogP contribution in [0.1, 0.15) is 25.3 Å². The van der Waals surface area contributed by atoms with E-state index in [1.165, 1.54) is 6.20 Å². The molecule has 0 atom stereocenters. The maximum absolute atomic E-state index is 13.3. The highest BCUT2D eigenvalue weighted by atomic mass is 19.4. The van der Waals surface area contributed by atoms with Crippen molar-refractivity contribution in [3.63, 3.8) is 0 Å². The first-order valence-electron chi connectivity index (χ1n) is 11.7. The van der Waals surface area contributed by atoms with Gasteiger partial charge in [-0.1, -0.05) is 30.3 Å². The molecule has 1 amide bonds. The highest BCUT2D eigenvalue weighted by molar-refractivity contribution is 6.02. The van der Waals surface area contributed by atoms with E-state index in [1.54, 1.807) is 61.1 Å². The lowest BCUT2D eigenvalue weighted by molar-refractivity contribution is -0.141. The Bertz CT molecular complexity index is 1580. The number of aryl methyl sites for hydroxylation is 1. The molecule has 1 aliphatic carbocycles. The van der Waals surface area contributed by atoms with Crippen LogP contribution in [0.15, 0.2) is 59.9 Å². The summed E-state index contributed by atoms with van der Waals surface area (Å²) in [6.07, 6.45) is -1.46. The molecule has 3 aromatic heterocycles. The number of alkyl halides is 3. The van der Waals surface area contributed by atoms with E-state index in [0.29, 0.717) is 32.5 Å². The monoisotopic (exact) mass is 527 g/mol. The van der Waals surface area contributed by atoms with Crippen LogP contribution in [0.4, 0.5) is 18.0 Å². The van der Waals surface area contributed by atoms with Gasteiger partial charge < -0.3 is 20.1 Å². The molecule has 0 spiro atoms. The van der Waals surface area contributed by atoms with Gasteiger partial charge in [-0.15, -0.1) is 0 Å². The van der Waals surface area contributed by atoms with Gasteiger partial charge in [0.05, 0.1) is 22.2 Å². The Morgan fingerprint density at radius 3 is 2.39 bits per heavy atom. The summed E-state index contributed by atoms with van der Waals surface area (Å²) in [7, 11) is 1.67. The molecule has 4 aromatic rings. The fraction of sp³-hybridized carbons (Fsp3) is 0.308. The summed E-state index contributed by atoms with van der Waals surface area (Å²) in [4.78, 5) is 33.1. The van der Waals surface area contributed by atoms with Crippen molar-refractivity contribution < 1.29 is 28.2 Å². The fourth-order valence-electron chi connectivity index (χ4n) is 5.55. The number of amides is 1. The molecular formula is C26H24F3N5O4. The Kier molecular flexibility index (Phi) is 5.82. The van der Waals surface area contributed by atoms with Crippen LogP contribution in [0.5, 0.6) is 0 Å². The van der Waals surface area contributed by atoms with Gasteiger partial charge in [0.15, 0.2) is 0 Å². The van der Waals surface area contributed by atoms with Crippen LogP contribution in [0.2, 0.25) is 0 Å². The second-order valence-electron chi connectivity index (χ2n) is 9.96. The average molecular weight is 528 g/mol. The van der Waals surface area contributed by atoms with Gasteiger partial charge in [-0.25, -0.2) is 9.78 Å². The number of nitrogens with one attached hydrogen (secondary N) is 1. The van der Waals surface area contributed by atoms with Gasteiger partial charge >= 0.3 is 12.3 Å². The van der Waals surface area contributed by atoms with E-state index in [-0.39, 0.29) is 23.9 Å². The minimum absolute atomic E-state index is 0.0328. The number of halogens is 3. The molecule has 1 fully saturated rings. The minimum Gasteiger partial charge on any atom is -0.465 e. The highest BCUT2D eigenvalue weighted by Gasteiger charge is 2.53. The summed E-state index contributed by atoms with van der Waals surface area (Å²) in [5.41, 5.74) is 0.167. The van der Waals surface area contributed by atoms with Crippen molar-refractivity contribution in [2.75, 3.05) is 0 Å². The zero-order valence-corrected chi connectivity index (χ0v) is 20.5. The van der Waals surface area contributed by atoms with Gasteiger partial charge in [0.1, 0.15) is 18.5 Å². The van der Waals surface area contributed by atoms with Gasteiger partial charge in [-0.2, -0.15) is 13.2 Å². The Morgan fingerprint density at radius 1 is 1.16 bits per heavy atom. The lowest BCUT2D eigenvalue weighted by Gasteiger charge is -2.51. The second kappa shape index (κ2) is 8.69. The molecule has 1 saturated carbocycles. The van der Waals surface area contributed by atoms with Crippen molar-refractivity contribution in [3.8, 4) is 22.4 Å². The zero-order chi connectivity index (χ0) is 27.5. The molecule has 0 aliphatic heterocycles. The number of hydrogen-bond donors (Lipinski definition) is 3. The molecule has 1 aromatic carbocycles. The van der Waals surface area contributed by atoms with Gasteiger partial charge in [0.25, 0.3) is 5.56 Å². The number of benzene rings is 1. The predicted octanol–water partition coefficient (Wildman–Crippen LogP) is 4.03. The third-order valence-corrected chi connectivity index (χ3v) is 6.88. The second-order valence-corrected chi connectivity index (χ2v) is 9.96. The first-order chi connectivity index (χ1) is 17.8. The average Bonchev–Trinajstić information content (AvgIpc) is 3.12. The lowest BCUT2D eigenvalue weighted by atomic mass is 9.62. The van der Waals surface area contributed by atoms with Crippen LogP contribution in [0.3, 0.4) is 0 Å². The molecule has 12 heteroatoms. The Balaban J connectivity index is 1.69. The molecule has 3 heterocycles. The molecule has 198 valence electrons. The van der Waals surface area contributed by atoms with E-state index in [2.05, 4.69) is 15.3 Å². The number of nitrogens with zero attached hydrogens (tertiary/aromatic N) is 4. The molecule has 0 saturated heterocycles. The third-order valence-electron chi connectivity index (χ3n) is 6.88. The summed E-state index contributed by atoms with van der Waals surface area (Å²) in [5, 5.41) is 22.2. The summed E-state index contributed by atoms with van der Waals surface area (Å²) in [5.74, 6) is 0. The van der Waals surface area contributed by atoms with Crippen LogP contribution < -0.4 is 10.9 Å². The Labute approximate surface area is 214 Å². The number of rotatable bonds is 5. The van der Waals surface area contributed by atoms with Gasteiger partial charge in [-0.05, 0) is 24.1 Å². The van der Waals surface area contributed by atoms with E-state index in [0.717, 1.165) is 6.33 Å². The van der Waals surface area contributed by atoms with Crippen LogP contribution >= 0.6 is 0 Å². The summed E-state index contributed by atoms with van der Waals surface area (Å²) in [6, 6.07) is 10.3. The maximum atomic E-state index is 13.3. The van der Waals surface area contributed by atoms with Crippen molar-refractivity contribution in [2.45, 2.75) is 43.6 Å². The molecule has 38 heavy (non-hydrogen) atoms. The molecule has 0 bridgehead atoms. The van der Waals surface area contributed by atoms with Crippen molar-refractivity contribution >= 4 is 17.1 Å². The molecule has 0 unspecified atom stereocenters. The fourth-order valence-corrected chi connectivity index (χ4v) is 5.55. The van der Waals surface area contributed by atoms with Crippen LogP contribution in [0, 0.1) is 0 Å². The van der Waals surface area contributed by atoms with E-state index < -0.39 is 35.5 Å². The smallest absolute Gasteiger partial charge is 0.406 e. The topological polar surface area (TPSA) is 122 Å². The van der Waals surface area contributed by atoms with Crippen LogP contribution in [-0.4, -0.2) is 47.2 Å². The molecule has 3 N–H and O–H groups in total. The largest absolute Gasteiger partial charge is 0.465 e. The number of aromatic nitrogens is 4. The summed E-state index contributed by atoms with van der Waals surface area (Å²) < 4.78 is 41.6. The molecule has 1 aliphatic rings. The number of carbonyl (C=O) groups is 1. The van der Waals surface area contributed by atoms with Crippen molar-refractivity contribution in [1.82, 2.24) is 24.4 Å². The van der Waals surface area contributed by atoms with Crippen molar-refractivity contribution in [3.05, 3.63) is 71.0 Å². The van der Waals surface area contributed by atoms with Gasteiger partial charge in [0.2, 0.25) is 0 Å². The van der Waals surface area contributed by atoms with Crippen molar-refractivity contribution in [2.24, 2.45) is 7.05 Å². The Morgan fingerprint density at radius 2 is 1.84 bits per heavy atom. The van der Waals surface area contributed by atoms with Crippen molar-refractivity contribution in [1.29, 1.82) is 0 Å². The van der Waals surface area contributed by atoms with Gasteiger partial charge in [-0.3, -0.25) is 14.3 Å². The van der Waals surface area contributed by atoms with E-state index in [4.69, 9.17) is 0 Å². The maximum Gasteiger partial charge on any atom is 0.406 e. The lowest BCUT2D eigenvalue weighted by Crippen LogP contribution is -2.61. The van der Waals surface area contributed by atoms with E-state index in [1.807, 2.05) is 0 Å². The number of aliphatic hydroxyl groups is 1. The standard InChI is InChI=1S/C26H24F3N5O4/c1-24(38)11-25(12-24,32-23(36)37)17-7-5-15(6-8-17)20-18(16-4-3-9-30-10-16)19-21(33(20)2)31-14-34(22(19)35)13-26(27,28)29/h3-10,14,32,38H,11-13H2,1-2H3,(H,36,37)/t24-,25+. The summed E-state index contributed by atoms with van der Waals surface area (Å²) in [6.45, 7) is 0.167. The van der Waals surface area contributed by atoms with E-state index >= 15 is 0 Å². The van der Waals surface area contributed by atoms with Crippen LogP contribution in [0.25, 0.3) is 33.4 Å². The number of hydrogen-bond acceptors (Lipinski definition) is 5. The number of carboxylic acid groups (broad SMARTS) is 1.